The molecule has 4 nitrogen and oxygen atoms in total. The van der Waals surface area contributed by atoms with E-state index in [1.807, 2.05) is 30.0 Å². The van der Waals surface area contributed by atoms with E-state index < -0.39 is 0 Å². The number of aromatic nitrogens is 3. The van der Waals surface area contributed by atoms with Crippen molar-refractivity contribution < 1.29 is 4.79 Å². The van der Waals surface area contributed by atoms with Gasteiger partial charge >= 0.3 is 0 Å². The third-order valence-corrected chi connectivity index (χ3v) is 2.34. The lowest BCUT2D eigenvalue weighted by Crippen LogP contribution is -2.01. The van der Waals surface area contributed by atoms with Gasteiger partial charge in [-0.2, -0.15) is 0 Å². The molecule has 0 N–H and O–H groups in total. The van der Waals surface area contributed by atoms with Gasteiger partial charge in [0, 0.05) is 36.8 Å². The van der Waals surface area contributed by atoms with Gasteiger partial charge in [-0.25, -0.2) is 9.97 Å². The number of carbonyl (C=O) groups excluding carboxylic acids is 1. The number of rotatable bonds is 4. The predicted octanol–water partition coefficient (Wildman–Crippen LogP) is 1.92. The zero-order chi connectivity index (χ0) is 11.4. The Labute approximate surface area is 94.0 Å². The maximum atomic E-state index is 11.4. The SMILES string of the molecule is CCC(=O)c1ccn(Cc2ncccn2)c1. The van der Waals surface area contributed by atoms with Crippen LogP contribution < -0.4 is 0 Å². The molecule has 0 spiro atoms. The lowest BCUT2D eigenvalue weighted by molar-refractivity contribution is 0.0988. The molecule has 2 aromatic rings. The molecule has 0 radical (unpaired) electrons. The Morgan fingerprint density at radius 3 is 2.81 bits per heavy atom. The van der Waals surface area contributed by atoms with E-state index in [0.717, 1.165) is 11.4 Å². The predicted molar refractivity (Wildman–Crippen MR) is 60.2 cm³/mol. The maximum Gasteiger partial charge on any atom is 0.164 e. The minimum Gasteiger partial charge on any atom is -0.346 e. The summed E-state index contributed by atoms with van der Waals surface area (Å²) in [4.78, 5) is 19.7. The highest BCUT2D eigenvalue weighted by Crippen LogP contribution is 2.06. The fourth-order valence-electron chi connectivity index (χ4n) is 1.48. The van der Waals surface area contributed by atoms with Gasteiger partial charge in [0.05, 0.1) is 6.54 Å². The van der Waals surface area contributed by atoms with Gasteiger partial charge in [0.1, 0.15) is 5.82 Å². The average molecular weight is 215 g/mol. The van der Waals surface area contributed by atoms with Crippen LogP contribution in [0.5, 0.6) is 0 Å². The number of hydrogen-bond donors (Lipinski definition) is 0. The van der Waals surface area contributed by atoms with Crippen molar-refractivity contribution in [2.45, 2.75) is 19.9 Å². The third kappa shape index (κ3) is 2.34. The lowest BCUT2D eigenvalue weighted by Gasteiger charge is -2.00. The molecule has 0 saturated carbocycles. The molecule has 16 heavy (non-hydrogen) atoms. The van der Waals surface area contributed by atoms with Crippen LogP contribution in [-0.4, -0.2) is 20.3 Å². The summed E-state index contributed by atoms with van der Waals surface area (Å²) in [6.45, 7) is 2.46. The van der Waals surface area contributed by atoms with Crippen LogP contribution in [0.3, 0.4) is 0 Å². The molecule has 0 amide bonds. The van der Waals surface area contributed by atoms with E-state index in [-0.39, 0.29) is 5.78 Å². The first kappa shape index (κ1) is 10.5. The van der Waals surface area contributed by atoms with E-state index in [9.17, 15) is 4.79 Å². The zero-order valence-corrected chi connectivity index (χ0v) is 9.13. The van der Waals surface area contributed by atoms with Crippen LogP contribution in [0.15, 0.2) is 36.9 Å². The van der Waals surface area contributed by atoms with Gasteiger partial charge in [0.2, 0.25) is 0 Å². The van der Waals surface area contributed by atoms with Gasteiger partial charge < -0.3 is 4.57 Å². The van der Waals surface area contributed by atoms with Crippen molar-refractivity contribution >= 4 is 5.78 Å². The molecule has 0 bridgehead atoms. The molecular formula is C12H13N3O. The number of carbonyl (C=O) groups is 1. The minimum atomic E-state index is 0.160. The second-order valence-electron chi connectivity index (χ2n) is 3.51. The van der Waals surface area contributed by atoms with Crippen LogP contribution in [-0.2, 0) is 6.54 Å². The molecule has 0 saturated heterocycles. The van der Waals surface area contributed by atoms with Crippen molar-refractivity contribution in [3.05, 3.63) is 48.3 Å². The Kier molecular flexibility index (Phi) is 3.10. The van der Waals surface area contributed by atoms with E-state index >= 15 is 0 Å². The van der Waals surface area contributed by atoms with Crippen LogP contribution in [0, 0.1) is 0 Å². The van der Waals surface area contributed by atoms with Gasteiger partial charge in [0.25, 0.3) is 0 Å². The summed E-state index contributed by atoms with van der Waals surface area (Å²) >= 11 is 0. The Balaban J connectivity index is 2.12. The summed E-state index contributed by atoms with van der Waals surface area (Å²) < 4.78 is 1.91. The second-order valence-corrected chi connectivity index (χ2v) is 3.51. The first-order valence-corrected chi connectivity index (χ1v) is 5.24. The normalized spacial score (nSPS) is 10.3. The highest BCUT2D eigenvalue weighted by Gasteiger charge is 2.05. The van der Waals surface area contributed by atoms with E-state index in [2.05, 4.69) is 9.97 Å². The number of hydrogen-bond acceptors (Lipinski definition) is 3. The molecule has 0 aromatic carbocycles. The van der Waals surface area contributed by atoms with E-state index in [1.54, 1.807) is 18.5 Å². The topological polar surface area (TPSA) is 47.8 Å². The van der Waals surface area contributed by atoms with Crippen molar-refractivity contribution in [3.8, 4) is 0 Å². The van der Waals surface area contributed by atoms with Crippen molar-refractivity contribution in [2.75, 3.05) is 0 Å². The Morgan fingerprint density at radius 2 is 2.12 bits per heavy atom. The molecule has 0 aliphatic heterocycles. The van der Waals surface area contributed by atoms with Crippen LogP contribution in [0.2, 0.25) is 0 Å². The van der Waals surface area contributed by atoms with E-state index in [4.69, 9.17) is 0 Å². The summed E-state index contributed by atoms with van der Waals surface area (Å²) in [6, 6.07) is 3.61. The Bertz CT molecular complexity index is 476. The highest BCUT2D eigenvalue weighted by atomic mass is 16.1. The maximum absolute atomic E-state index is 11.4. The van der Waals surface area contributed by atoms with E-state index in [1.165, 1.54) is 0 Å². The van der Waals surface area contributed by atoms with E-state index in [0.29, 0.717) is 13.0 Å². The van der Waals surface area contributed by atoms with Crippen molar-refractivity contribution in [1.29, 1.82) is 0 Å². The molecule has 0 fully saturated rings. The molecule has 82 valence electrons. The molecule has 0 atom stereocenters. The van der Waals surface area contributed by atoms with Gasteiger partial charge in [-0.05, 0) is 12.1 Å². The largest absolute Gasteiger partial charge is 0.346 e. The molecule has 2 heterocycles. The summed E-state index contributed by atoms with van der Waals surface area (Å²) in [5.41, 5.74) is 0.749. The highest BCUT2D eigenvalue weighted by molar-refractivity contribution is 5.95. The van der Waals surface area contributed by atoms with Crippen molar-refractivity contribution in [1.82, 2.24) is 14.5 Å². The van der Waals surface area contributed by atoms with Crippen LogP contribution in [0.1, 0.15) is 29.5 Å². The average Bonchev–Trinajstić information content (AvgIpc) is 2.78. The number of ketones is 1. The zero-order valence-electron chi connectivity index (χ0n) is 9.13. The molecule has 4 heteroatoms. The smallest absolute Gasteiger partial charge is 0.164 e. The monoisotopic (exact) mass is 215 g/mol. The molecule has 2 aromatic heterocycles. The van der Waals surface area contributed by atoms with Gasteiger partial charge in [-0.1, -0.05) is 6.92 Å². The van der Waals surface area contributed by atoms with Crippen LogP contribution in [0.25, 0.3) is 0 Å². The second kappa shape index (κ2) is 4.70. The summed E-state index contributed by atoms with van der Waals surface area (Å²) in [5, 5.41) is 0. The number of nitrogens with zero attached hydrogens (tertiary/aromatic N) is 3. The fourth-order valence-corrected chi connectivity index (χ4v) is 1.48. The first-order valence-electron chi connectivity index (χ1n) is 5.24. The molecule has 0 aliphatic carbocycles. The minimum absolute atomic E-state index is 0.160. The lowest BCUT2D eigenvalue weighted by atomic mass is 10.2. The quantitative estimate of drug-likeness (QED) is 0.732. The van der Waals surface area contributed by atoms with Gasteiger partial charge in [-0.15, -0.1) is 0 Å². The fraction of sp³-hybridized carbons (Fsp3) is 0.250. The van der Waals surface area contributed by atoms with Gasteiger partial charge in [-0.3, -0.25) is 4.79 Å². The summed E-state index contributed by atoms with van der Waals surface area (Å²) in [5.74, 6) is 0.904. The molecule has 0 unspecified atom stereocenters. The van der Waals surface area contributed by atoms with Crippen LogP contribution >= 0.6 is 0 Å². The molecular weight excluding hydrogens is 202 g/mol. The standard InChI is InChI=1S/C12H13N3O/c1-2-11(16)10-4-7-15(8-10)9-12-13-5-3-6-14-12/h3-8H,2,9H2,1H3. The Hall–Kier alpha value is -1.97. The molecule has 2 rings (SSSR count). The van der Waals surface area contributed by atoms with Crippen molar-refractivity contribution in [2.24, 2.45) is 0 Å². The Morgan fingerprint density at radius 1 is 1.38 bits per heavy atom. The van der Waals surface area contributed by atoms with Crippen molar-refractivity contribution in [3.63, 3.8) is 0 Å². The number of Topliss-reactive ketones (excluding diaryl/α,β-unsaturated/α-hetero) is 1. The van der Waals surface area contributed by atoms with Crippen LogP contribution in [0.4, 0.5) is 0 Å². The van der Waals surface area contributed by atoms with Gasteiger partial charge in [0.15, 0.2) is 5.78 Å². The summed E-state index contributed by atoms with van der Waals surface area (Å²) in [6.07, 6.45) is 7.67. The molecule has 0 aliphatic rings. The first-order chi connectivity index (χ1) is 7.79. The summed E-state index contributed by atoms with van der Waals surface area (Å²) in [7, 11) is 0. The third-order valence-electron chi connectivity index (χ3n) is 2.34.